The molecule has 33 heavy (non-hydrogen) atoms. The Morgan fingerprint density at radius 3 is 2.79 bits per heavy atom. The summed E-state index contributed by atoms with van der Waals surface area (Å²) in [6, 6.07) is 7.94. The van der Waals surface area contributed by atoms with E-state index in [2.05, 4.69) is 25.1 Å². The van der Waals surface area contributed by atoms with E-state index in [-0.39, 0.29) is 0 Å². The number of rotatable bonds is 10. The summed E-state index contributed by atoms with van der Waals surface area (Å²) in [5.74, 6) is 2.34. The van der Waals surface area contributed by atoms with E-state index in [0.717, 1.165) is 68.0 Å². The van der Waals surface area contributed by atoms with Gasteiger partial charge in [-0.25, -0.2) is 9.97 Å². The first-order valence-corrected chi connectivity index (χ1v) is 11.6. The largest absolute Gasteiger partial charge is 0.493 e. The van der Waals surface area contributed by atoms with Gasteiger partial charge in [-0.05, 0) is 31.0 Å². The molecule has 9 heteroatoms. The number of β-amino-alcohol motifs (C(OH)–C–C–N with tert-alkyl or cyclic N) is 1. The number of anilines is 1. The van der Waals surface area contributed by atoms with E-state index < -0.39 is 5.60 Å². The third kappa shape index (κ3) is 6.54. The van der Waals surface area contributed by atoms with Crippen LogP contribution in [0.2, 0.25) is 0 Å². The fourth-order valence-electron chi connectivity index (χ4n) is 4.30. The molecule has 180 valence electrons. The molecule has 2 aliphatic heterocycles. The summed E-state index contributed by atoms with van der Waals surface area (Å²) < 4.78 is 16.9. The van der Waals surface area contributed by atoms with Crippen molar-refractivity contribution in [3.8, 4) is 11.5 Å². The molecular weight excluding hydrogens is 422 g/mol. The maximum absolute atomic E-state index is 11.0. The van der Waals surface area contributed by atoms with Crippen molar-refractivity contribution in [1.29, 1.82) is 0 Å². The van der Waals surface area contributed by atoms with Crippen molar-refractivity contribution in [3.05, 3.63) is 41.9 Å². The minimum absolute atomic E-state index is 0.508. The van der Waals surface area contributed by atoms with Crippen LogP contribution in [0.4, 0.5) is 5.82 Å². The number of nitrogens with zero attached hydrogens (tertiary/aromatic N) is 4. The van der Waals surface area contributed by atoms with Gasteiger partial charge in [0.1, 0.15) is 18.8 Å². The Morgan fingerprint density at radius 2 is 2.00 bits per heavy atom. The van der Waals surface area contributed by atoms with Crippen molar-refractivity contribution in [1.82, 2.24) is 20.2 Å². The molecule has 1 aromatic carbocycles. The van der Waals surface area contributed by atoms with Crippen LogP contribution in [0.25, 0.3) is 0 Å². The average Bonchev–Trinajstić information content (AvgIpc) is 3.22. The molecule has 2 aliphatic rings. The Balaban J connectivity index is 1.24. The molecule has 9 nitrogen and oxygen atoms in total. The Morgan fingerprint density at radius 1 is 1.15 bits per heavy atom. The molecule has 0 bridgehead atoms. The molecule has 0 unspecified atom stereocenters. The molecule has 1 atom stereocenters. The molecule has 0 aliphatic carbocycles. The van der Waals surface area contributed by atoms with Crippen molar-refractivity contribution < 1.29 is 19.3 Å². The summed E-state index contributed by atoms with van der Waals surface area (Å²) in [7, 11) is 1.66. The fraction of sp³-hybridized carbons (Fsp3) is 0.583. The number of hydrogen-bond acceptors (Lipinski definition) is 9. The van der Waals surface area contributed by atoms with Crippen LogP contribution >= 0.6 is 0 Å². The van der Waals surface area contributed by atoms with Gasteiger partial charge in [0.15, 0.2) is 11.5 Å². The van der Waals surface area contributed by atoms with Gasteiger partial charge in [-0.15, -0.1) is 0 Å². The molecular formula is C24H35N5O4. The highest BCUT2D eigenvalue weighted by atomic mass is 16.5. The lowest BCUT2D eigenvalue weighted by molar-refractivity contribution is 0.0321. The quantitative estimate of drug-likeness (QED) is 0.547. The van der Waals surface area contributed by atoms with Crippen molar-refractivity contribution in [2.75, 3.05) is 71.1 Å². The van der Waals surface area contributed by atoms with Crippen LogP contribution in [0.15, 0.2) is 30.6 Å². The summed E-state index contributed by atoms with van der Waals surface area (Å²) in [6.07, 6.45) is 2.27. The standard InChI is InChI=1S/C24H35N5O4/c1-19-13-23(27-18-26-19)29-6-5-24(30,17-29)16-25-15-20-3-4-21(22(14-20)31-2)33-12-9-28-7-10-32-11-8-28/h3-4,13-14,18,25,30H,5-12,15-17H2,1-2H3/t24-/m0/s1. The monoisotopic (exact) mass is 457 g/mol. The third-order valence-electron chi connectivity index (χ3n) is 6.23. The van der Waals surface area contributed by atoms with E-state index in [0.29, 0.717) is 32.7 Å². The van der Waals surface area contributed by atoms with Crippen LogP contribution in [0.3, 0.4) is 0 Å². The predicted molar refractivity (Wildman–Crippen MR) is 126 cm³/mol. The number of aromatic nitrogens is 2. The molecule has 3 heterocycles. The van der Waals surface area contributed by atoms with Crippen LogP contribution < -0.4 is 19.7 Å². The third-order valence-corrected chi connectivity index (χ3v) is 6.23. The highest BCUT2D eigenvalue weighted by Crippen LogP contribution is 2.29. The average molecular weight is 458 g/mol. The number of hydrogen-bond donors (Lipinski definition) is 2. The molecule has 0 saturated carbocycles. The SMILES string of the molecule is COc1cc(CNC[C@@]2(O)CCN(c3cc(C)ncn3)C2)ccc1OCCN1CCOCC1. The maximum Gasteiger partial charge on any atom is 0.161 e. The Bertz CT molecular complexity index is 908. The van der Waals surface area contributed by atoms with Gasteiger partial charge in [0, 0.05) is 57.6 Å². The number of morpholine rings is 1. The first-order valence-electron chi connectivity index (χ1n) is 11.6. The van der Waals surface area contributed by atoms with Crippen LogP contribution in [0, 0.1) is 6.92 Å². The van der Waals surface area contributed by atoms with Crippen LogP contribution in [-0.4, -0.2) is 91.8 Å². The minimum Gasteiger partial charge on any atom is -0.493 e. The zero-order chi connectivity index (χ0) is 23.1. The van der Waals surface area contributed by atoms with Crippen molar-refractivity contribution in [3.63, 3.8) is 0 Å². The molecule has 4 rings (SSSR count). The lowest BCUT2D eigenvalue weighted by atomic mass is 10.0. The summed E-state index contributed by atoms with van der Waals surface area (Å²) in [5.41, 5.74) is 1.22. The molecule has 2 saturated heterocycles. The van der Waals surface area contributed by atoms with Gasteiger partial charge in [0.05, 0.1) is 25.9 Å². The van der Waals surface area contributed by atoms with Gasteiger partial charge < -0.3 is 29.5 Å². The van der Waals surface area contributed by atoms with E-state index in [1.54, 1.807) is 13.4 Å². The number of methoxy groups -OCH3 is 1. The van der Waals surface area contributed by atoms with Crippen LogP contribution in [0.1, 0.15) is 17.7 Å². The molecule has 2 fully saturated rings. The van der Waals surface area contributed by atoms with Crippen molar-refractivity contribution >= 4 is 5.82 Å². The highest BCUT2D eigenvalue weighted by Gasteiger charge is 2.36. The van der Waals surface area contributed by atoms with E-state index in [9.17, 15) is 5.11 Å². The number of nitrogens with one attached hydrogen (secondary N) is 1. The lowest BCUT2D eigenvalue weighted by Crippen LogP contribution is -2.43. The second kappa shape index (κ2) is 11.1. The summed E-state index contributed by atoms with van der Waals surface area (Å²) in [4.78, 5) is 12.9. The molecule has 2 aromatic rings. The van der Waals surface area contributed by atoms with Gasteiger partial charge in [-0.1, -0.05) is 6.07 Å². The minimum atomic E-state index is -0.786. The molecule has 0 radical (unpaired) electrons. The van der Waals surface area contributed by atoms with Gasteiger partial charge in [0.2, 0.25) is 0 Å². The fourth-order valence-corrected chi connectivity index (χ4v) is 4.30. The van der Waals surface area contributed by atoms with Crippen molar-refractivity contribution in [2.45, 2.75) is 25.5 Å². The molecule has 0 amide bonds. The zero-order valence-electron chi connectivity index (χ0n) is 19.6. The highest BCUT2D eigenvalue weighted by molar-refractivity contribution is 5.43. The van der Waals surface area contributed by atoms with E-state index in [1.165, 1.54) is 0 Å². The molecule has 0 spiro atoms. The second-order valence-corrected chi connectivity index (χ2v) is 8.80. The smallest absolute Gasteiger partial charge is 0.161 e. The van der Waals surface area contributed by atoms with Crippen LogP contribution in [-0.2, 0) is 11.3 Å². The normalized spacial score (nSPS) is 21.4. The molecule has 1 aromatic heterocycles. The van der Waals surface area contributed by atoms with Crippen LogP contribution in [0.5, 0.6) is 11.5 Å². The Labute approximate surface area is 195 Å². The molecule has 2 N–H and O–H groups in total. The number of aryl methyl sites for hydroxylation is 1. The van der Waals surface area contributed by atoms with E-state index in [4.69, 9.17) is 14.2 Å². The van der Waals surface area contributed by atoms with Crippen molar-refractivity contribution in [2.24, 2.45) is 0 Å². The summed E-state index contributed by atoms with van der Waals surface area (Å²) in [6.45, 7) is 9.40. The number of benzene rings is 1. The topological polar surface area (TPSA) is 92.2 Å². The maximum atomic E-state index is 11.0. The Hall–Kier alpha value is -2.46. The first-order chi connectivity index (χ1) is 16.0. The van der Waals surface area contributed by atoms with Gasteiger partial charge >= 0.3 is 0 Å². The summed E-state index contributed by atoms with van der Waals surface area (Å²) in [5, 5.41) is 14.4. The Kier molecular flexibility index (Phi) is 7.97. The van der Waals surface area contributed by atoms with Gasteiger partial charge in [-0.3, -0.25) is 4.90 Å². The number of aliphatic hydroxyl groups is 1. The van der Waals surface area contributed by atoms with Gasteiger partial charge in [0.25, 0.3) is 0 Å². The zero-order valence-corrected chi connectivity index (χ0v) is 19.6. The first kappa shape index (κ1) is 23.7. The second-order valence-electron chi connectivity index (χ2n) is 8.80. The van der Waals surface area contributed by atoms with E-state index >= 15 is 0 Å². The van der Waals surface area contributed by atoms with Gasteiger partial charge in [-0.2, -0.15) is 0 Å². The lowest BCUT2D eigenvalue weighted by Gasteiger charge is -2.26. The van der Waals surface area contributed by atoms with E-state index in [1.807, 2.05) is 31.2 Å². The number of ether oxygens (including phenoxy) is 3. The summed E-state index contributed by atoms with van der Waals surface area (Å²) >= 11 is 0. The predicted octanol–water partition coefficient (Wildman–Crippen LogP) is 1.24.